The minimum Gasteiger partial charge on any atom is -0.478 e. The van der Waals surface area contributed by atoms with Gasteiger partial charge in [0, 0.05) is 23.5 Å². The molecule has 4 heteroatoms. The van der Waals surface area contributed by atoms with Crippen LogP contribution in [0.2, 0.25) is 0 Å². The zero-order valence-electron chi connectivity index (χ0n) is 14.1. The Labute approximate surface area is 142 Å². The van der Waals surface area contributed by atoms with Gasteiger partial charge in [0.1, 0.15) is 0 Å². The van der Waals surface area contributed by atoms with E-state index in [0.29, 0.717) is 5.57 Å². The van der Waals surface area contributed by atoms with Crippen molar-refractivity contribution in [1.29, 1.82) is 0 Å². The first-order valence-electron chi connectivity index (χ1n) is 8.13. The number of carbonyl (C=O) groups is 1. The normalized spacial score (nSPS) is 13.1. The molecule has 0 atom stereocenters. The number of carboxylic acid groups (broad SMARTS) is 1. The zero-order chi connectivity index (χ0) is 17.1. The monoisotopic (exact) mass is 322 g/mol. The van der Waals surface area contributed by atoms with Crippen LogP contribution in [0.1, 0.15) is 17.5 Å². The maximum absolute atomic E-state index is 11.8. The fourth-order valence-corrected chi connectivity index (χ4v) is 3.12. The van der Waals surface area contributed by atoms with Crippen LogP contribution < -0.4 is 4.90 Å². The summed E-state index contributed by atoms with van der Waals surface area (Å²) in [6.45, 7) is 1.83. The summed E-state index contributed by atoms with van der Waals surface area (Å²) in [6.07, 6.45) is 2.78. The highest BCUT2D eigenvalue weighted by molar-refractivity contribution is 6.23. The molecule has 0 unspecified atom stereocenters. The number of carboxylic acids is 1. The molecule has 4 nitrogen and oxygen atoms in total. The molecule has 24 heavy (non-hydrogen) atoms. The van der Waals surface area contributed by atoms with Crippen molar-refractivity contribution in [3.63, 3.8) is 0 Å². The second-order valence-electron chi connectivity index (χ2n) is 6.25. The fraction of sp³-hybridized carbons (Fsp3) is 0.250. The Balaban J connectivity index is 2.11. The third kappa shape index (κ3) is 3.19. The van der Waals surface area contributed by atoms with Crippen molar-refractivity contribution < 1.29 is 9.90 Å². The molecule has 0 spiro atoms. The smallest absolute Gasteiger partial charge is 0.336 e. The van der Waals surface area contributed by atoms with E-state index in [9.17, 15) is 9.90 Å². The zero-order valence-corrected chi connectivity index (χ0v) is 14.1. The fourth-order valence-electron chi connectivity index (χ4n) is 3.12. The van der Waals surface area contributed by atoms with Crippen molar-refractivity contribution >= 4 is 29.0 Å². The van der Waals surface area contributed by atoms with Gasteiger partial charge in [-0.15, -0.1) is 0 Å². The second-order valence-corrected chi connectivity index (χ2v) is 6.25. The first-order chi connectivity index (χ1) is 11.6. The highest BCUT2D eigenvalue weighted by Crippen LogP contribution is 2.39. The van der Waals surface area contributed by atoms with Gasteiger partial charge in [0.15, 0.2) is 0 Å². The molecule has 1 N–H and O–H groups in total. The van der Waals surface area contributed by atoms with Gasteiger partial charge in [0.05, 0.1) is 5.57 Å². The number of hydrogen-bond donors (Lipinski definition) is 1. The van der Waals surface area contributed by atoms with Gasteiger partial charge in [-0.1, -0.05) is 36.4 Å². The van der Waals surface area contributed by atoms with Gasteiger partial charge >= 0.3 is 5.97 Å². The molecule has 1 heterocycles. The average molecular weight is 322 g/mol. The van der Waals surface area contributed by atoms with Crippen molar-refractivity contribution in [3.8, 4) is 0 Å². The summed E-state index contributed by atoms with van der Waals surface area (Å²) >= 11 is 0. The van der Waals surface area contributed by atoms with Crippen molar-refractivity contribution in [2.75, 3.05) is 32.1 Å². The minimum absolute atomic E-state index is 0.341. The maximum atomic E-state index is 11.8. The summed E-state index contributed by atoms with van der Waals surface area (Å²) in [5, 5.41) is 9.68. The Bertz CT molecular complexity index is 781. The minimum atomic E-state index is -0.896. The van der Waals surface area contributed by atoms with E-state index in [2.05, 4.69) is 30.0 Å². The lowest BCUT2D eigenvalue weighted by Gasteiger charge is -2.27. The Hall–Kier alpha value is -2.59. The van der Waals surface area contributed by atoms with Crippen LogP contribution in [-0.4, -0.2) is 43.2 Å². The van der Waals surface area contributed by atoms with Crippen LogP contribution >= 0.6 is 0 Å². The summed E-state index contributed by atoms with van der Waals surface area (Å²) in [7, 11) is 4.13. The van der Waals surface area contributed by atoms with Gasteiger partial charge in [-0.3, -0.25) is 0 Å². The SMILES string of the molecule is CN(C)CCCN1c2ccccc2C=C(C(=O)O)c2ccccc21. The van der Waals surface area contributed by atoms with Crippen molar-refractivity contribution in [1.82, 2.24) is 4.90 Å². The Kier molecular flexibility index (Phi) is 4.67. The molecule has 0 aromatic heterocycles. The highest BCUT2D eigenvalue weighted by atomic mass is 16.4. The topological polar surface area (TPSA) is 43.8 Å². The molecule has 0 saturated heterocycles. The molecular weight excluding hydrogens is 300 g/mol. The number of aliphatic carboxylic acids is 1. The molecule has 2 aromatic rings. The summed E-state index contributed by atoms with van der Waals surface area (Å²) in [5.74, 6) is -0.896. The first kappa shape index (κ1) is 16.3. The molecule has 0 bridgehead atoms. The second kappa shape index (κ2) is 6.89. The van der Waals surface area contributed by atoms with Gasteiger partial charge < -0.3 is 14.9 Å². The van der Waals surface area contributed by atoms with Crippen LogP contribution in [0.15, 0.2) is 48.5 Å². The lowest BCUT2D eigenvalue weighted by Crippen LogP contribution is -2.24. The number of nitrogens with zero attached hydrogens (tertiary/aromatic N) is 2. The Morgan fingerprint density at radius 3 is 2.42 bits per heavy atom. The van der Waals surface area contributed by atoms with E-state index in [1.54, 1.807) is 6.08 Å². The maximum Gasteiger partial charge on any atom is 0.336 e. The standard InChI is InChI=1S/C20H22N2O2/c1-21(2)12-7-13-22-18-10-5-3-8-15(18)14-17(20(23)24)16-9-4-6-11-19(16)22/h3-6,8-11,14H,7,12-13H2,1-2H3,(H,23,24). The number of hydrogen-bond acceptors (Lipinski definition) is 3. The van der Waals surface area contributed by atoms with Crippen molar-refractivity contribution in [2.45, 2.75) is 6.42 Å². The van der Waals surface area contributed by atoms with Crippen LogP contribution in [0.25, 0.3) is 11.6 Å². The van der Waals surface area contributed by atoms with Gasteiger partial charge in [-0.2, -0.15) is 0 Å². The van der Waals surface area contributed by atoms with E-state index in [4.69, 9.17) is 0 Å². The van der Waals surface area contributed by atoms with E-state index >= 15 is 0 Å². The third-order valence-corrected chi connectivity index (χ3v) is 4.23. The summed E-state index contributed by atoms with van der Waals surface area (Å²) in [6, 6.07) is 15.7. The molecule has 0 radical (unpaired) electrons. The summed E-state index contributed by atoms with van der Waals surface area (Å²) in [4.78, 5) is 16.2. The molecule has 124 valence electrons. The molecule has 0 saturated carbocycles. The lowest BCUT2D eigenvalue weighted by atomic mass is 10.0. The lowest BCUT2D eigenvalue weighted by molar-refractivity contribution is -0.130. The number of anilines is 2. The highest BCUT2D eigenvalue weighted by Gasteiger charge is 2.24. The van der Waals surface area contributed by atoms with E-state index < -0.39 is 5.97 Å². The molecular formula is C20H22N2O2. The molecule has 2 aromatic carbocycles. The van der Waals surface area contributed by atoms with Crippen LogP contribution in [0, 0.1) is 0 Å². The molecule has 1 aliphatic heterocycles. The van der Waals surface area contributed by atoms with E-state index in [1.165, 1.54) is 0 Å². The third-order valence-electron chi connectivity index (χ3n) is 4.23. The average Bonchev–Trinajstić information content (AvgIpc) is 2.70. The Morgan fingerprint density at radius 2 is 1.71 bits per heavy atom. The van der Waals surface area contributed by atoms with Crippen LogP contribution in [0.3, 0.4) is 0 Å². The number of benzene rings is 2. The molecule has 3 rings (SSSR count). The summed E-state index contributed by atoms with van der Waals surface area (Å²) < 4.78 is 0. The quantitative estimate of drug-likeness (QED) is 0.911. The van der Waals surface area contributed by atoms with Crippen LogP contribution in [-0.2, 0) is 4.79 Å². The number of fused-ring (bicyclic) bond motifs is 2. The van der Waals surface area contributed by atoms with E-state index in [1.807, 2.05) is 42.5 Å². The van der Waals surface area contributed by atoms with Gasteiger partial charge in [-0.25, -0.2) is 4.79 Å². The summed E-state index contributed by atoms with van der Waals surface area (Å²) in [5.41, 5.74) is 4.06. The first-order valence-corrected chi connectivity index (χ1v) is 8.13. The van der Waals surface area contributed by atoms with Crippen molar-refractivity contribution in [2.24, 2.45) is 0 Å². The molecule has 0 aliphatic carbocycles. The van der Waals surface area contributed by atoms with Crippen LogP contribution in [0.5, 0.6) is 0 Å². The number of para-hydroxylation sites is 2. The van der Waals surface area contributed by atoms with E-state index in [0.717, 1.165) is 42.0 Å². The van der Waals surface area contributed by atoms with Crippen molar-refractivity contribution in [3.05, 3.63) is 59.7 Å². The largest absolute Gasteiger partial charge is 0.478 e. The van der Waals surface area contributed by atoms with E-state index in [-0.39, 0.29) is 0 Å². The number of rotatable bonds is 5. The predicted octanol–water partition coefficient (Wildman–Crippen LogP) is 3.72. The molecule has 0 fully saturated rings. The van der Waals surface area contributed by atoms with Gasteiger partial charge in [-0.05, 0) is 50.8 Å². The Morgan fingerprint density at radius 1 is 1.04 bits per heavy atom. The van der Waals surface area contributed by atoms with Crippen LogP contribution in [0.4, 0.5) is 11.4 Å². The van der Waals surface area contributed by atoms with Gasteiger partial charge in [0.2, 0.25) is 0 Å². The molecule has 0 amide bonds. The van der Waals surface area contributed by atoms with Gasteiger partial charge in [0.25, 0.3) is 0 Å². The predicted molar refractivity (Wildman–Crippen MR) is 98.6 cm³/mol. The molecule has 1 aliphatic rings.